The van der Waals surface area contributed by atoms with Crippen molar-refractivity contribution >= 4 is 21.7 Å². The van der Waals surface area contributed by atoms with Gasteiger partial charge in [0.15, 0.2) is 17.7 Å². The molecule has 8 nitrogen and oxygen atoms in total. The minimum atomic E-state index is -4.16. The average Bonchev–Trinajstić information content (AvgIpc) is 2.43. The topological polar surface area (TPSA) is 128 Å². The van der Waals surface area contributed by atoms with E-state index < -0.39 is 39.4 Å². The third kappa shape index (κ3) is 4.03. The van der Waals surface area contributed by atoms with Crippen molar-refractivity contribution in [2.24, 2.45) is 0 Å². The summed E-state index contributed by atoms with van der Waals surface area (Å²) in [6, 6.07) is 1.71. The number of carbonyl (C=O) groups is 1. The van der Waals surface area contributed by atoms with Gasteiger partial charge in [0, 0.05) is 6.54 Å². The molecule has 118 valence electrons. The average molecular weight is 322 g/mol. The molecule has 1 aromatic carbocycles. The van der Waals surface area contributed by atoms with Crippen LogP contribution in [0.1, 0.15) is 0 Å². The zero-order valence-corrected chi connectivity index (χ0v) is 12.1. The summed E-state index contributed by atoms with van der Waals surface area (Å²) >= 11 is 0. The summed E-state index contributed by atoms with van der Waals surface area (Å²) in [6.07, 6.45) is -1.68. The summed E-state index contributed by atoms with van der Waals surface area (Å²) in [4.78, 5) is 10.5. The van der Waals surface area contributed by atoms with Crippen LogP contribution in [0, 0.1) is 5.82 Å². The SMILES string of the molecule is COC(=O)C(O)CNS(=O)(=O)c1cc(N)c(OC)c(F)c1. The number of hydrogen-bond acceptors (Lipinski definition) is 7. The standard InChI is InChI=1S/C11H15FN2O6S/c1-19-10-7(12)3-6(4-8(10)13)21(17,18)14-5-9(15)11(16)20-2/h3-4,9,14-15H,5,13H2,1-2H3. The van der Waals surface area contributed by atoms with Gasteiger partial charge >= 0.3 is 5.97 Å². The molecule has 0 spiro atoms. The number of aliphatic hydroxyl groups excluding tert-OH is 1. The van der Waals surface area contributed by atoms with Crippen molar-refractivity contribution in [2.75, 3.05) is 26.5 Å². The second-order valence-corrected chi connectivity index (χ2v) is 5.69. The van der Waals surface area contributed by atoms with Crippen LogP contribution in [0.2, 0.25) is 0 Å². The molecule has 0 aromatic heterocycles. The summed E-state index contributed by atoms with van der Waals surface area (Å²) in [5.74, 6) is -2.23. The molecule has 0 radical (unpaired) electrons. The predicted octanol–water partition coefficient (Wildman–Crippen LogP) is -0.771. The lowest BCUT2D eigenvalue weighted by molar-refractivity contribution is -0.149. The largest absolute Gasteiger partial charge is 0.492 e. The van der Waals surface area contributed by atoms with Crippen molar-refractivity contribution in [3.05, 3.63) is 17.9 Å². The van der Waals surface area contributed by atoms with Crippen LogP contribution < -0.4 is 15.2 Å². The molecule has 0 aliphatic heterocycles. The van der Waals surface area contributed by atoms with E-state index in [9.17, 15) is 22.7 Å². The summed E-state index contributed by atoms with van der Waals surface area (Å²) in [5.41, 5.74) is 5.27. The quantitative estimate of drug-likeness (QED) is 0.463. The van der Waals surface area contributed by atoms with Crippen LogP contribution >= 0.6 is 0 Å². The molecule has 0 aliphatic carbocycles. The molecule has 0 fully saturated rings. The highest BCUT2D eigenvalue weighted by Gasteiger charge is 2.22. The van der Waals surface area contributed by atoms with E-state index in [0.29, 0.717) is 6.07 Å². The maximum atomic E-state index is 13.6. The Kier molecular flexibility index (Phi) is 5.47. The zero-order valence-electron chi connectivity index (χ0n) is 11.3. The van der Waals surface area contributed by atoms with Crippen LogP contribution in [0.3, 0.4) is 0 Å². The molecule has 21 heavy (non-hydrogen) atoms. The second-order valence-electron chi connectivity index (χ2n) is 3.92. The first-order chi connectivity index (χ1) is 9.72. The van der Waals surface area contributed by atoms with Gasteiger partial charge in [-0.1, -0.05) is 0 Å². The van der Waals surface area contributed by atoms with E-state index in [1.807, 2.05) is 4.72 Å². The van der Waals surface area contributed by atoms with Gasteiger partial charge in [-0.15, -0.1) is 0 Å². The Morgan fingerprint density at radius 3 is 2.57 bits per heavy atom. The molecule has 4 N–H and O–H groups in total. The summed E-state index contributed by atoms with van der Waals surface area (Å²) in [7, 11) is -1.93. The van der Waals surface area contributed by atoms with E-state index in [0.717, 1.165) is 13.2 Å². The zero-order chi connectivity index (χ0) is 16.2. The fourth-order valence-corrected chi connectivity index (χ4v) is 2.54. The molecular formula is C11H15FN2O6S. The number of methoxy groups -OCH3 is 2. The van der Waals surface area contributed by atoms with Crippen LogP contribution in [0.5, 0.6) is 5.75 Å². The number of benzene rings is 1. The molecule has 10 heteroatoms. The molecule has 0 bridgehead atoms. The number of halogens is 1. The first-order valence-corrected chi connectivity index (χ1v) is 7.09. The van der Waals surface area contributed by atoms with E-state index >= 15 is 0 Å². The Hall–Kier alpha value is -1.91. The monoisotopic (exact) mass is 322 g/mol. The molecule has 1 atom stereocenters. The van der Waals surface area contributed by atoms with Crippen molar-refractivity contribution in [3.8, 4) is 5.75 Å². The normalized spacial score (nSPS) is 12.8. The Morgan fingerprint density at radius 2 is 2.10 bits per heavy atom. The smallest absolute Gasteiger partial charge is 0.336 e. The van der Waals surface area contributed by atoms with Crippen molar-refractivity contribution in [2.45, 2.75) is 11.0 Å². The fraction of sp³-hybridized carbons (Fsp3) is 0.364. The third-order valence-corrected chi connectivity index (χ3v) is 3.90. The third-order valence-electron chi connectivity index (χ3n) is 2.50. The Bertz CT molecular complexity index is 611. The van der Waals surface area contributed by atoms with Gasteiger partial charge in [0.2, 0.25) is 10.0 Å². The molecule has 0 saturated carbocycles. The van der Waals surface area contributed by atoms with Crippen molar-refractivity contribution in [1.29, 1.82) is 0 Å². The molecule has 0 aliphatic rings. The number of aliphatic hydroxyl groups is 1. The summed E-state index contributed by atoms with van der Waals surface area (Å²) < 4.78 is 48.3. The lowest BCUT2D eigenvalue weighted by Gasteiger charge is -2.12. The molecule has 0 heterocycles. The fourth-order valence-electron chi connectivity index (χ4n) is 1.45. The maximum Gasteiger partial charge on any atom is 0.336 e. The number of rotatable bonds is 6. The molecule has 1 rings (SSSR count). The van der Waals surface area contributed by atoms with Gasteiger partial charge in [0.1, 0.15) is 0 Å². The van der Waals surface area contributed by atoms with Crippen LogP contribution in [0.15, 0.2) is 17.0 Å². The Labute approximate surface area is 120 Å². The van der Waals surface area contributed by atoms with Crippen molar-refractivity contribution in [3.63, 3.8) is 0 Å². The van der Waals surface area contributed by atoms with Gasteiger partial charge < -0.3 is 20.3 Å². The van der Waals surface area contributed by atoms with Crippen LogP contribution in [0.25, 0.3) is 0 Å². The lowest BCUT2D eigenvalue weighted by Crippen LogP contribution is -2.37. The lowest BCUT2D eigenvalue weighted by atomic mass is 10.3. The van der Waals surface area contributed by atoms with Gasteiger partial charge in [0.05, 0.1) is 24.8 Å². The number of nitrogens with two attached hydrogens (primary N) is 1. The number of anilines is 1. The number of carbonyl (C=O) groups excluding carboxylic acids is 1. The Balaban J connectivity index is 2.96. The minimum absolute atomic E-state index is 0.202. The van der Waals surface area contributed by atoms with E-state index in [1.54, 1.807) is 0 Å². The highest BCUT2D eigenvalue weighted by molar-refractivity contribution is 7.89. The van der Waals surface area contributed by atoms with Gasteiger partial charge in [-0.05, 0) is 12.1 Å². The molecule has 0 saturated heterocycles. The molecule has 1 unspecified atom stereocenters. The van der Waals surface area contributed by atoms with Gasteiger partial charge in [0.25, 0.3) is 0 Å². The van der Waals surface area contributed by atoms with Crippen molar-refractivity contribution in [1.82, 2.24) is 4.72 Å². The van der Waals surface area contributed by atoms with Gasteiger partial charge in [-0.2, -0.15) is 0 Å². The first kappa shape index (κ1) is 17.1. The van der Waals surface area contributed by atoms with E-state index in [2.05, 4.69) is 9.47 Å². The molecule has 1 aromatic rings. The van der Waals surface area contributed by atoms with Crippen LogP contribution in [-0.2, 0) is 19.6 Å². The number of esters is 1. The number of nitrogen functional groups attached to an aromatic ring is 1. The van der Waals surface area contributed by atoms with E-state index in [4.69, 9.17) is 5.73 Å². The maximum absolute atomic E-state index is 13.6. The van der Waals surface area contributed by atoms with Gasteiger partial charge in [-0.3, -0.25) is 0 Å². The van der Waals surface area contributed by atoms with Crippen LogP contribution in [0.4, 0.5) is 10.1 Å². The highest BCUT2D eigenvalue weighted by atomic mass is 32.2. The Morgan fingerprint density at radius 1 is 1.48 bits per heavy atom. The first-order valence-electron chi connectivity index (χ1n) is 5.61. The number of ether oxygens (including phenoxy) is 2. The van der Waals surface area contributed by atoms with E-state index in [1.165, 1.54) is 7.11 Å². The summed E-state index contributed by atoms with van der Waals surface area (Å²) in [5, 5.41) is 9.30. The molecular weight excluding hydrogens is 307 g/mol. The van der Waals surface area contributed by atoms with E-state index in [-0.39, 0.29) is 11.4 Å². The number of nitrogens with one attached hydrogen (secondary N) is 1. The van der Waals surface area contributed by atoms with Gasteiger partial charge in [-0.25, -0.2) is 22.3 Å². The molecule has 0 amide bonds. The second kappa shape index (κ2) is 6.70. The van der Waals surface area contributed by atoms with Crippen molar-refractivity contribution < 1.29 is 32.2 Å². The number of hydrogen-bond donors (Lipinski definition) is 3. The predicted molar refractivity (Wildman–Crippen MR) is 70.6 cm³/mol. The number of sulfonamides is 1. The highest BCUT2D eigenvalue weighted by Crippen LogP contribution is 2.28. The van der Waals surface area contributed by atoms with Crippen LogP contribution in [-0.4, -0.2) is 46.4 Å². The minimum Gasteiger partial charge on any atom is -0.492 e. The summed E-state index contributed by atoms with van der Waals surface area (Å²) in [6.45, 7) is -0.622.